The number of rotatable bonds is 1. The lowest BCUT2D eigenvalue weighted by molar-refractivity contribution is -0.241. The molecule has 1 aliphatic rings. The first-order valence-corrected chi connectivity index (χ1v) is 2.38. The Balaban J connectivity index is 2.24. The van der Waals surface area contributed by atoms with Crippen LogP contribution in [-0.4, -0.2) is 35.8 Å². The monoisotopic (exact) mass is 117 g/mol. The number of hydrogen-bond donors (Lipinski definition) is 1. The maximum absolute atomic E-state index is 10.3. The molecule has 0 aromatic rings. The fraction of sp³-hybridized carbons (Fsp3) is 0.750. The van der Waals surface area contributed by atoms with Gasteiger partial charge in [0.15, 0.2) is 0 Å². The third-order valence-electron chi connectivity index (χ3n) is 0.955. The standard InChI is InChI=1S/C4H7NO3/c6-3-4(7)5-1-2-8-5/h6H,1-3H2. The van der Waals surface area contributed by atoms with Crippen LogP contribution in [0.4, 0.5) is 0 Å². The van der Waals surface area contributed by atoms with E-state index in [1.54, 1.807) is 0 Å². The van der Waals surface area contributed by atoms with Crippen molar-refractivity contribution in [1.29, 1.82) is 0 Å². The number of aliphatic hydroxyl groups is 1. The molecular formula is C4H7NO3. The molecule has 0 aromatic carbocycles. The molecule has 1 aliphatic heterocycles. The Morgan fingerprint density at radius 2 is 2.50 bits per heavy atom. The molecule has 4 heteroatoms. The predicted octanol–water partition coefficient (Wildman–Crippen LogP) is -1.25. The third kappa shape index (κ3) is 0.801. The summed E-state index contributed by atoms with van der Waals surface area (Å²) in [5.41, 5.74) is 0. The average molecular weight is 117 g/mol. The third-order valence-corrected chi connectivity index (χ3v) is 0.955. The van der Waals surface area contributed by atoms with Crippen LogP contribution < -0.4 is 0 Å². The van der Waals surface area contributed by atoms with Gasteiger partial charge in [-0.25, -0.2) is 5.06 Å². The van der Waals surface area contributed by atoms with E-state index in [0.29, 0.717) is 13.2 Å². The van der Waals surface area contributed by atoms with Crippen LogP contribution in [0.25, 0.3) is 0 Å². The van der Waals surface area contributed by atoms with Crippen molar-refractivity contribution in [3.8, 4) is 0 Å². The molecule has 0 saturated carbocycles. The Kier molecular flexibility index (Phi) is 1.45. The molecular weight excluding hydrogens is 110 g/mol. The molecule has 0 atom stereocenters. The van der Waals surface area contributed by atoms with Gasteiger partial charge < -0.3 is 5.11 Å². The molecule has 46 valence electrons. The van der Waals surface area contributed by atoms with Gasteiger partial charge in [-0.05, 0) is 0 Å². The number of aliphatic hydroxyl groups excluding tert-OH is 1. The molecule has 1 amide bonds. The normalized spacial score (nSPS) is 17.9. The molecule has 4 nitrogen and oxygen atoms in total. The van der Waals surface area contributed by atoms with Gasteiger partial charge in [0.1, 0.15) is 6.61 Å². The van der Waals surface area contributed by atoms with Crippen molar-refractivity contribution in [3.05, 3.63) is 0 Å². The summed E-state index contributed by atoms with van der Waals surface area (Å²) in [4.78, 5) is 15.0. The van der Waals surface area contributed by atoms with Gasteiger partial charge in [0, 0.05) is 0 Å². The second-order valence-electron chi connectivity index (χ2n) is 1.49. The van der Waals surface area contributed by atoms with Crippen LogP contribution in [0.2, 0.25) is 0 Å². The van der Waals surface area contributed by atoms with Crippen molar-refractivity contribution in [2.24, 2.45) is 0 Å². The summed E-state index contributed by atoms with van der Waals surface area (Å²) in [6.45, 7) is 0.741. The maximum Gasteiger partial charge on any atom is 0.271 e. The first-order chi connectivity index (χ1) is 3.84. The molecule has 1 rings (SSSR count). The topological polar surface area (TPSA) is 49.8 Å². The maximum atomic E-state index is 10.3. The second kappa shape index (κ2) is 2.11. The van der Waals surface area contributed by atoms with Gasteiger partial charge in [-0.2, -0.15) is 0 Å². The lowest BCUT2D eigenvalue weighted by Gasteiger charge is -2.28. The summed E-state index contributed by atoms with van der Waals surface area (Å²) in [5, 5.41) is 9.34. The zero-order valence-electron chi connectivity index (χ0n) is 4.33. The highest BCUT2D eigenvalue weighted by Gasteiger charge is 2.19. The van der Waals surface area contributed by atoms with Crippen molar-refractivity contribution < 1.29 is 14.7 Å². The van der Waals surface area contributed by atoms with E-state index >= 15 is 0 Å². The van der Waals surface area contributed by atoms with E-state index in [0.717, 1.165) is 5.06 Å². The largest absolute Gasteiger partial charge is 0.386 e. The molecule has 8 heavy (non-hydrogen) atoms. The first kappa shape index (κ1) is 5.53. The highest BCUT2D eigenvalue weighted by atomic mass is 16.7. The van der Waals surface area contributed by atoms with E-state index in [-0.39, 0.29) is 5.91 Å². The molecule has 1 N–H and O–H groups in total. The van der Waals surface area contributed by atoms with E-state index < -0.39 is 6.61 Å². The van der Waals surface area contributed by atoms with Gasteiger partial charge >= 0.3 is 0 Å². The Labute approximate surface area is 46.6 Å². The lowest BCUT2D eigenvalue weighted by atomic mass is 10.5. The van der Waals surface area contributed by atoms with Gasteiger partial charge in [-0.15, -0.1) is 0 Å². The Morgan fingerprint density at radius 3 is 2.62 bits per heavy atom. The fourth-order valence-corrected chi connectivity index (χ4v) is 0.458. The SMILES string of the molecule is O=C(CO)N1CCO1. The van der Waals surface area contributed by atoms with Gasteiger partial charge in [0.05, 0.1) is 13.2 Å². The van der Waals surface area contributed by atoms with Crippen molar-refractivity contribution >= 4 is 5.91 Å². The molecule has 0 bridgehead atoms. The van der Waals surface area contributed by atoms with Crippen molar-refractivity contribution in [2.45, 2.75) is 0 Å². The average Bonchev–Trinajstić information content (AvgIpc) is 1.62. The summed E-state index contributed by atoms with van der Waals surface area (Å²) in [5.74, 6) is -0.365. The summed E-state index contributed by atoms with van der Waals surface area (Å²) in [6, 6.07) is 0. The molecule has 0 aliphatic carbocycles. The van der Waals surface area contributed by atoms with Crippen molar-refractivity contribution in [3.63, 3.8) is 0 Å². The van der Waals surface area contributed by atoms with Crippen LogP contribution in [0.1, 0.15) is 0 Å². The Morgan fingerprint density at radius 1 is 1.88 bits per heavy atom. The van der Waals surface area contributed by atoms with Crippen molar-refractivity contribution in [1.82, 2.24) is 5.06 Å². The van der Waals surface area contributed by atoms with E-state index in [2.05, 4.69) is 4.84 Å². The summed E-state index contributed by atoms with van der Waals surface area (Å²) < 4.78 is 0. The quantitative estimate of drug-likeness (QED) is 0.467. The number of nitrogens with zero attached hydrogens (tertiary/aromatic N) is 1. The minimum atomic E-state index is -0.458. The van der Waals surface area contributed by atoms with Crippen molar-refractivity contribution in [2.75, 3.05) is 19.8 Å². The van der Waals surface area contributed by atoms with Gasteiger partial charge in [-0.1, -0.05) is 0 Å². The zero-order valence-corrected chi connectivity index (χ0v) is 4.33. The molecule has 1 saturated heterocycles. The second-order valence-corrected chi connectivity index (χ2v) is 1.49. The number of amides is 1. The van der Waals surface area contributed by atoms with Crippen LogP contribution in [-0.2, 0) is 9.63 Å². The molecule has 1 fully saturated rings. The smallest absolute Gasteiger partial charge is 0.271 e. The van der Waals surface area contributed by atoms with Crippen LogP contribution in [0.5, 0.6) is 0 Å². The predicted molar refractivity (Wildman–Crippen MR) is 24.8 cm³/mol. The Hall–Kier alpha value is -0.610. The molecule has 1 heterocycles. The molecule has 0 aromatic heterocycles. The summed E-state index contributed by atoms with van der Waals surface area (Å²) in [6.07, 6.45) is 0. The number of hydrogen-bond acceptors (Lipinski definition) is 3. The molecule has 0 spiro atoms. The molecule has 0 radical (unpaired) electrons. The lowest BCUT2D eigenvalue weighted by Crippen LogP contribution is -2.45. The van der Waals surface area contributed by atoms with Gasteiger partial charge in [0.25, 0.3) is 5.91 Å². The van der Waals surface area contributed by atoms with E-state index in [1.807, 2.05) is 0 Å². The highest BCUT2D eigenvalue weighted by Crippen LogP contribution is 2.00. The van der Waals surface area contributed by atoms with Gasteiger partial charge in [-0.3, -0.25) is 9.63 Å². The fourth-order valence-electron chi connectivity index (χ4n) is 0.458. The Bertz CT molecular complexity index is 99.5. The molecule has 0 unspecified atom stereocenters. The number of carbonyl (C=O) groups excluding carboxylic acids is 1. The van der Waals surface area contributed by atoms with Crippen LogP contribution in [0, 0.1) is 0 Å². The van der Waals surface area contributed by atoms with Gasteiger partial charge in [0.2, 0.25) is 0 Å². The number of hydroxylamine groups is 2. The minimum Gasteiger partial charge on any atom is -0.386 e. The zero-order chi connectivity index (χ0) is 5.98. The van der Waals surface area contributed by atoms with E-state index in [4.69, 9.17) is 5.11 Å². The van der Waals surface area contributed by atoms with Crippen LogP contribution in [0.15, 0.2) is 0 Å². The van der Waals surface area contributed by atoms with E-state index in [9.17, 15) is 4.79 Å². The summed E-state index contributed by atoms with van der Waals surface area (Å²) >= 11 is 0. The highest BCUT2D eigenvalue weighted by molar-refractivity contribution is 5.76. The number of carbonyl (C=O) groups is 1. The van der Waals surface area contributed by atoms with Crippen LogP contribution >= 0.6 is 0 Å². The van der Waals surface area contributed by atoms with Crippen LogP contribution in [0.3, 0.4) is 0 Å². The minimum absolute atomic E-state index is 0.365. The van der Waals surface area contributed by atoms with E-state index in [1.165, 1.54) is 0 Å². The summed E-state index contributed by atoms with van der Waals surface area (Å²) in [7, 11) is 0. The first-order valence-electron chi connectivity index (χ1n) is 2.38.